The summed E-state index contributed by atoms with van der Waals surface area (Å²) in [6.45, 7) is 0. The highest BCUT2D eigenvalue weighted by atomic mass is 79.9. The average Bonchev–Trinajstić information content (AvgIpc) is 2.32. The van der Waals surface area contributed by atoms with Gasteiger partial charge in [-0.25, -0.2) is 0 Å². The fourth-order valence-corrected chi connectivity index (χ4v) is 2.20. The lowest BCUT2D eigenvalue weighted by molar-refractivity contribution is 0.0992. The summed E-state index contributed by atoms with van der Waals surface area (Å²) in [5.41, 5.74) is 1.68. The fourth-order valence-electron chi connectivity index (χ4n) is 1.57. The summed E-state index contributed by atoms with van der Waals surface area (Å²) in [4.78, 5) is 12.1. The molecular formula is C14H10BrClO. The molecule has 17 heavy (non-hydrogen) atoms. The average molecular weight is 310 g/mol. The van der Waals surface area contributed by atoms with Gasteiger partial charge in [0.1, 0.15) is 0 Å². The number of halogens is 2. The van der Waals surface area contributed by atoms with E-state index in [1.165, 1.54) is 0 Å². The van der Waals surface area contributed by atoms with Crippen LogP contribution in [0, 0.1) is 0 Å². The van der Waals surface area contributed by atoms with Gasteiger partial charge in [0.25, 0.3) is 0 Å². The van der Waals surface area contributed by atoms with E-state index in [2.05, 4.69) is 15.9 Å². The molecule has 0 fully saturated rings. The van der Waals surface area contributed by atoms with Gasteiger partial charge in [-0.3, -0.25) is 4.79 Å². The third-order valence-electron chi connectivity index (χ3n) is 2.45. The molecule has 0 bridgehead atoms. The minimum absolute atomic E-state index is 0.0970. The van der Waals surface area contributed by atoms with E-state index in [0.29, 0.717) is 17.0 Å². The highest BCUT2D eigenvalue weighted by Crippen LogP contribution is 2.18. The van der Waals surface area contributed by atoms with E-state index in [4.69, 9.17) is 11.6 Å². The van der Waals surface area contributed by atoms with E-state index in [0.717, 1.165) is 10.0 Å². The number of carbonyl (C=O) groups excluding carboxylic acids is 1. The van der Waals surface area contributed by atoms with Gasteiger partial charge in [-0.05, 0) is 23.8 Å². The summed E-state index contributed by atoms with van der Waals surface area (Å²) in [6.07, 6.45) is 0.389. The van der Waals surface area contributed by atoms with E-state index in [1.807, 2.05) is 36.4 Å². The molecule has 0 saturated carbocycles. The van der Waals surface area contributed by atoms with Gasteiger partial charge in [-0.2, -0.15) is 0 Å². The Morgan fingerprint density at radius 1 is 1.06 bits per heavy atom. The standard InChI is InChI=1S/C14H10BrClO/c15-13-4-2-1-3-12(13)14(17)9-10-5-7-11(16)8-6-10/h1-8H,9H2. The summed E-state index contributed by atoms with van der Waals surface area (Å²) >= 11 is 9.18. The summed E-state index contributed by atoms with van der Waals surface area (Å²) in [7, 11) is 0. The van der Waals surface area contributed by atoms with E-state index >= 15 is 0 Å². The lowest BCUT2D eigenvalue weighted by Gasteiger charge is -2.03. The quantitative estimate of drug-likeness (QED) is 0.761. The van der Waals surface area contributed by atoms with Crippen molar-refractivity contribution in [2.24, 2.45) is 0 Å². The Hall–Kier alpha value is -1.12. The highest BCUT2D eigenvalue weighted by Gasteiger charge is 2.09. The van der Waals surface area contributed by atoms with Crippen molar-refractivity contribution in [2.45, 2.75) is 6.42 Å². The molecule has 0 spiro atoms. The van der Waals surface area contributed by atoms with Crippen LogP contribution < -0.4 is 0 Å². The number of ketones is 1. The zero-order valence-corrected chi connectivity index (χ0v) is 11.3. The maximum atomic E-state index is 12.1. The van der Waals surface area contributed by atoms with Crippen molar-refractivity contribution < 1.29 is 4.79 Å². The molecule has 1 nitrogen and oxygen atoms in total. The molecule has 2 rings (SSSR count). The SMILES string of the molecule is O=C(Cc1ccc(Cl)cc1)c1ccccc1Br. The Labute approximate surface area is 114 Å². The van der Waals surface area contributed by atoms with Crippen molar-refractivity contribution in [2.75, 3.05) is 0 Å². The van der Waals surface area contributed by atoms with Crippen LogP contribution in [0.5, 0.6) is 0 Å². The zero-order valence-electron chi connectivity index (χ0n) is 8.99. The second kappa shape index (κ2) is 5.48. The molecule has 0 amide bonds. The first-order chi connectivity index (χ1) is 8.16. The molecule has 3 heteroatoms. The minimum Gasteiger partial charge on any atom is -0.294 e. The Balaban J connectivity index is 2.17. The third-order valence-corrected chi connectivity index (χ3v) is 3.40. The first-order valence-electron chi connectivity index (χ1n) is 5.19. The van der Waals surface area contributed by atoms with Crippen LogP contribution in [-0.2, 0) is 6.42 Å². The van der Waals surface area contributed by atoms with Crippen LogP contribution in [0.25, 0.3) is 0 Å². The van der Waals surface area contributed by atoms with E-state index < -0.39 is 0 Å². The molecule has 0 saturated heterocycles. The molecule has 2 aromatic rings. The normalized spacial score (nSPS) is 10.2. The largest absolute Gasteiger partial charge is 0.294 e. The van der Waals surface area contributed by atoms with Gasteiger partial charge < -0.3 is 0 Å². The zero-order chi connectivity index (χ0) is 12.3. The monoisotopic (exact) mass is 308 g/mol. The minimum atomic E-state index is 0.0970. The van der Waals surface area contributed by atoms with Crippen molar-refractivity contribution in [1.82, 2.24) is 0 Å². The van der Waals surface area contributed by atoms with Crippen LogP contribution in [0.3, 0.4) is 0 Å². The molecule has 0 unspecified atom stereocenters. The lowest BCUT2D eigenvalue weighted by atomic mass is 10.0. The van der Waals surface area contributed by atoms with Crippen molar-refractivity contribution >= 4 is 33.3 Å². The van der Waals surface area contributed by atoms with Gasteiger partial charge in [-0.15, -0.1) is 0 Å². The first kappa shape index (κ1) is 12.3. The summed E-state index contributed by atoms with van der Waals surface area (Å²) in [5, 5.41) is 0.682. The molecule has 0 aromatic heterocycles. The number of Topliss-reactive ketones (excluding diaryl/α,β-unsaturated/α-hetero) is 1. The van der Waals surface area contributed by atoms with Crippen molar-refractivity contribution in [3.63, 3.8) is 0 Å². The van der Waals surface area contributed by atoms with E-state index in [-0.39, 0.29) is 5.78 Å². The predicted molar refractivity (Wildman–Crippen MR) is 73.6 cm³/mol. The molecular weight excluding hydrogens is 300 g/mol. The van der Waals surface area contributed by atoms with Crippen molar-refractivity contribution in [3.8, 4) is 0 Å². The Morgan fingerprint density at radius 2 is 1.71 bits per heavy atom. The topological polar surface area (TPSA) is 17.1 Å². The molecule has 2 aromatic carbocycles. The number of hydrogen-bond donors (Lipinski definition) is 0. The number of carbonyl (C=O) groups is 1. The molecule has 0 aliphatic rings. The van der Waals surface area contributed by atoms with Crippen LogP contribution in [-0.4, -0.2) is 5.78 Å². The third kappa shape index (κ3) is 3.18. The number of benzene rings is 2. The van der Waals surface area contributed by atoms with Crippen LogP contribution in [0.4, 0.5) is 0 Å². The van der Waals surface area contributed by atoms with Gasteiger partial charge in [0.05, 0.1) is 0 Å². The molecule has 0 heterocycles. The fraction of sp³-hybridized carbons (Fsp3) is 0.0714. The summed E-state index contributed by atoms with van der Waals surface area (Å²) < 4.78 is 0.832. The number of rotatable bonds is 3. The summed E-state index contributed by atoms with van der Waals surface area (Å²) in [6, 6.07) is 14.8. The highest BCUT2D eigenvalue weighted by molar-refractivity contribution is 9.10. The summed E-state index contributed by atoms with van der Waals surface area (Å²) in [5.74, 6) is 0.0970. The Morgan fingerprint density at radius 3 is 2.35 bits per heavy atom. The van der Waals surface area contributed by atoms with Gasteiger partial charge in [0.15, 0.2) is 5.78 Å². The molecule has 86 valence electrons. The van der Waals surface area contributed by atoms with E-state index in [1.54, 1.807) is 12.1 Å². The molecule has 0 N–H and O–H groups in total. The van der Waals surface area contributed by atoms with Crippen LogP contribution in [0.1, 0.15) is 15.9 Å². The van der Waals surface area contributed by atoms with E-state index in [9.17, 15) is 4.79 Å². The maximum absolute atomic E-state index is 12.1. The Kier molecular flexibility index (Phi) is 3.97. The van der Waals surface area contributed by atoms with Crippen molar-refractivity contribution in [3.05, 3.63) is 69.2 Å². The van der Waals surface area contributed by atoms with Gasteiger partial charge in [0.2, 0.25) is 0 Å². The molecule has 0 aliphatic heterocycles. The maximum Gasteiger partial charge on any atom is 0.168 e. The predicted octanol–water partition coefficient (Wildman–Crippen LogP) is 4.53. The van der Waals surface area contributed by atoms with Crippen LogP contribution in [0.2, 0.25) is 5.02 Å². The van der Waals surface area contributed by atoms with Gasteiger partial charge >= 0.3 is 0 Å². The molecule has 0 atom stereocenters. The molecule has 0 radical (unpaired) electrons. The first-order valence-corrected chi connectivity index (χ1v) is 6.36. The number of hydrogen-bond acceptors (Lipinski definition) is 1. The van der Waals surface area contributed by atoms with Gasteiger partial charge in [0, 0.05) is 21.5 Å². The second-order valence-electron chi connectivity index (χ2n) is 3.71. The van der Waals surface area contributed by atoms with Crippen LogP contribution in [0.15, 0.2) is 53.0 Å². The Bertz CT molecular complexity index is 534. The lowest BCUT2D eigenvalue weighted by Crippen LogP contribution is -2.04. The smallest absolute Gasteiger partial charge is 0.168 e. The van der Waals surface area contributed by atoms with Crippen molar-refractivity contribution in [1.29, 1.82) is 0 Å². The van der Waals surface area contributed by atoms with Crippen LogP contribution >= 0.6 is 27.5 Å². The second-order valence-corrected chi connectivity index (χ2v) is 5.00. The van der Waals surface area contributed by atoms with Gasteiger partial charge in [-0.1, -0.05) is 57.9 Å². The molecule has 0 aliphatic carbocycles.